The summed E-state index contributed by atoms with van der Waals surface area (Å²) in [4.78, 5) is 24.5. The predicted octanol–water partition coefficient (Wildman–Crippen LogP) is 3.83. The molecule has 0 atom stereocenters. The van der Waals surface area contributed by atoms with Gasteiger partial charge < -0.3 is 10.4 Å². The monoisotopic (exact) mass is 380 g/mol. The van der Waals surface area contributed by atoms with Crippen LogP contribution in [-0.2, 0) is 11.3 Å². The Morgan fingerprint density at radius 3 is 2.50 bits per heavy atom. The van der Waals surface area contributed by atoms with E-state index >= 15 is 0 Å². The van der Waals surface area contributed by atoms with E-state index in [9.17, 15) is 14.7 Å². The van der Waals surface area contributed by atoms with Crippen LogP contribution in [-0.4, -0.2) is 15.6 Å². The Kier molecular flexibility index (Phi) is 5.07. The van der Waals surface area contributed by atoms with Crippen molar-refractivity contribution in [2.45, 2.75) is 20.4 Å². The Morgan fingerprint density at radius 1 is 1.32 bits per heavy atom. The van der Waals surface area contributed by atoms with E-state index in [4.69, 9.17) is 34.8 Å². The molecule has 2 rings (SSSR count). The van der Waals surface area contributed by atoms with Crippen LogP contribution in [0.15, 0.2) is 10.9 Å². The first-order valence-corrected chi connectivity index (χ1v) is 8.00. The summed E-state index contributed by atoms with van der Waals surface area (Å²) in [6.45, 7) is 3.35. The molecule has 0 unspecified atom stereocenters. The maximum atomic E-state index is 12.1. The highest BCUT2D eigenvalue weighted by Crippen LogP contribution is 2.42. The largest absolute Gasteiger partial charge is 0.504 e. The van der Waals surface area contributed by atoms with E-state index in [0.717, 1.165) is 16.2 Å². The molecule has 22 heavy (non-hydrogen) atoms. The van der Waals surface area contributed by atoms with Gasteiger partial charge in [-0.25, -0.2) is 0 Å². The van der Waals surface area contributed by atoms with Gasteiger partial charge >= 0.3 is 4.87 Å². The van der Waals surface area contributed by atoms with Gasteiger partial charge in [-0.15, -0.1) is 0 Å². The molecule has 1 amide bonds. The molecule has 1 aromatic heterocycles. The van der Waals surface area contributed by atoms with Crippen molar-refractivity contribution in [2.75, 3.05) is 5.32 Å². The minimum absolute atomic E-state index is 0.0255. The van der Waals surface area contributed by atoms with Gasteiger partial charge in [-0.1, -0.05) is 46.1 Å². The molecule has 1 aromatic carbocycles. The molecule has 0 bridgehead atoms. The minimum Gasteiger partial charge on any atom is -0.504 e. The van der Waals surface area contributed by atoms with Crippen LogP contribution in [0.25, 0.3) is 0 Å². The van der Waals surface area contributed by atoms with Crippen LogP contribution >= 0.6 is 46.1 Å². The molecule has 0 aliphatic carbocycles. The normalized spacial score (nSPS) is 10.8. The Balaban J connectivity index is 2.29. The second kappa shape index (κ2) is 6.50. The van der Waals surface area contributed by atoms with E-state index in [2.05, 4.69) is 5.32 Å². The second-order valence-electron chi connectivity index (χ2n) is 4.52. The van der Waals surface area contributed by atoms with Crippen molar-refractivity contribution in [2.24, 2.45) is 0 Å². The zero-order valence-electron chi connectivity index (χ0n) is 11.5. The number of aryl methyl sites for hydroxylation is 1. The van der Waals surface area contributed by atoms with Crippen LogP contribution in [0, 0.1) is 13.8 Å². The minimum atomic E-state index is -0.529. The van der Waals surface area contributed by atoms with Crippen molar-refractivity contribution < 1.29 is 9.90 Å². The van der Waals surface area contributed by atoms with E-state index in [-0.39, 0.29) is 37.9 Å². The molecule has 2 aromatic rings. The first-order chi connectivity index (χ1) is 10.2. The molecule has 2 N–H and O–H groups in total. The molecule has 118 valence electrons. The lowest BCUT2D eigenvalue weighted by Gasteiger charge is -2.12. The van der Waals surface area contributed by atoms with Gasteiger partial charge in [0.15, 0.2) is 5.75 Å². The van der Waals surface area contributed by atoms with Crippen molar-refractivity contribution in [3.05, 3.63) is 41.4 Å². The van der Waals surface area contributed by atoms with Gasteiger partial charge in [-0.3, -0.25) is 14.2 Å². The van der Waals surface area contributed by atoms with Crippen LogP contribution in [0.4, 0.5) is 5.69 Å². The summed E-state index contributed by atoms with van der Waals surface area (Å²) in [5.41, 5.74) is 0.631. The number of phenolic OH excluding ortho intramolecular Hbond substituents is 1. The Bertz CT molecular complexity index is 788. The molecular weight excluding hydrogens is 371 g/mol. The first kappa shape index (κ1) is 17.1. The van der Waals surface area contributed by atoms with Gasteiger partial charge in [0.2, 0.25) is 5.91 Å². The molecule has 0 saturated carbocycles. The number of hydrogen-bond acceptors (Lipinski definition) is 4. The molecule has 1 heterocycles. The van der Waals surface area contributed by atoms with Gasteiger partial charge in [0.05, 0.1) is 15.1 Å². The molecule has 0 aliphatic heterocycles. The van der Waals surface area contributed by atoms with Gasteiger partial charge in [-0.05, 0) is 19.9 Å². The van der Waals surface area contributed by atoms with Gasteiger partial charge in [-0.2, -0.15) is 0 Å². The lowest BCUT2D eigenvalue weighted by molar-refractivity contribution is -0.116. The topological polar surface area (TPSA) is 71.3 Å². The number of halogens is 3. The zero-order chi connectivity index (χ0) is 16.6. The molecule has 0 spiro atoms. The molecule has 0 saturated heterocycles. The number of benzene rings is 1. The first-order valence-electron chi connectivity index (χ1n) is 6.05. The number of amides is 1. The fourth-order valence-electron chi connectivity index (χ4n) is 1.79. The Hall–Kier alpha value is -1.21. The third-order valence-corrected chi connectivity index (χ3v) is 5.16. The quantitative estimate of drug-likeness (QED) is 0.627. The molecular formula is C13H11Cl3N2O3S. The van der Waals surface area contributed by atoms with Crippen molar-refractivity contribution in [1.82, 2.24) is 4.57 Å². The summed E-state index contributed by atoms with van der Waals surface area (Å²) < 4.78 is 1.34. The van der Waals surface area contributed by atoms with Gasteiger partial charge in [0, 0.05) is 10.6 Å². The van der Waals surface area contributed by atoms with E-state index in [1.54, 1.807) is 13.8 Å². The summed E-state index contributed by atoms with van der Waals surface area (Å²) in [6.07, 6.45) is 0. The number of hydrogen-bond donors (Lipinski definition) is 2. The summed E-state index contributed by atoms with van der Waals surface area (Å²) >= 11 is 18.7. The van der Waals surface area contributed by atoms with E-state index in [0.29, 0.717) is 5.69 Å². The van der Waals surface area contributed by atoms with Gasteiger partial charge in [0.1, 0.15) is 12.2 Å². The highest BCUT2D eigenvalue weighted by atomic mass is 35.5. The van der Waals surface area contributed by atoms with Crippen molar-refractivity contribution >= 4 is 57.7 Å². The smallest absolute Gasteiger partial charge is 0.308 e. The van der Waals surface area contributed by atoms with E-state index in [1.807, 2.05) is 0 Å². The molecule has 0 aliphatic rings. The van der Waals surface area contributed by atoms with Crippen LogP contribution < -0.4 is 10.2 Å². The van der Waals surface area contributed by atoms with Crippen LogP contribution in [0.2, 0.25) is 15.1 Å². The number of rotatable bonds is 3. The lowest BCUT2D eigenvalue weighted by Crippen LogP contribution is -2.25. The number of carbonyl (C=O) groups excluding carboxylic acids is 1. The number of carbonyl (C=O) groups is 1. The Morgan fingerprint density at radius 2 is 1.95 bits per heavy atom. The fraction of sp³-hybridized carbons (Fsp3) is 0.231. The third-order valence-electron chi connectivity index (χ3n) is 3.09. The highest BCUT2D eigenvalue weighted by Gasteiger charge is 2.18. The Labute approximate surface area is 145 Å². The average molecular weight is 382 g/mol. The predicted molar refractivity (Wildman–Crippen MR) is 89.8 cm³/mol. The maximum Gasteiger partial charge on any atom is 0.308 e. The number of nitrogens with one attached hydrogen (secondary N) is 1. The summed E-state index contributed by atoms with van der Waals surface area (Å²) in [5, 5.41) is 12.3. The number of aromatic hydroxyl groups is 1. The van der Waals surface area contributed by atoms with Gasteiger partial charge in [0.25, 0.3) is 0 Å². The standard InChI is InChI=1S/C13H11Cl3N2O3S/c1-5-6(2)22-13(21)18(5)4-9(19)17-11-10(16)7(14)3-8(15)12(11)20/h3,20H,4H2,1-2H3,(H,17,19). The summed E-state index contributed by atoms with van der Waals surface area (Å²) in [7, 11) is 0. The van der Waals surface area contributed by atoms with Crippen molar-refractivity contribution in [3.63, 3.8) is 0 Å². The summed E-state index contributed by atoms with van der Waals surface area (Å²) in [6, 6.07) is 1.27. The van der Waals surface area contributed by atoms with Crippen molar-refractivity contribution in [1.29, 1.82) is 0 Å². The third kappa shape index (κ3) is 3.25. The van der Waals surface area contributed by atoms with E-state index < -0.39 is 5.91 Å². The molecule has 0 radical (unpaired) electrons. The number of aromatic nitrogens is 1. The number of anilines is 1. The zero-order valence-corrected chi connectivity index (χ0v) is 14.6. The average Bonchev–Trinajstić information content (AvgIpc) is 2.68. The number of nitrogens with zero attached hydrogens (tertiary/aromatic N) is 1. The fourth-order valence-corrected chi connectivity index (χ4v) is 3.28. The van der Waals surface area contributed by atoms with E-state index in [1.165, 1.54) is 10.6 Å². The lowest BCUT2D eigenvalue weighted by atomic mass is 10.3. The maximum absolute atomic E-state index is 12.1. The number of thiazole rings is 1. The molecule has 5 nitrogen and oxygen atoms in total. The summed E-state index contributed by atoms with van der Waals surface area (Å²) in [5.74, 6) is -0.909. The molecule has 0 fully saturated rings. The number of phenols is 1. The second-order valence-corrected chi connectivity index (χ2v) is 6.88. The van der Waals surface area contributed by atoms with Crippen LogP contribution in [0.5, 0.6) is 5.75 Å². The van der Waals surface area contributed by atoms with Crippen LogP contribution in [0.1, 0.15) is 10.6 Å². The van der Waals surface area contributed by atoms with Crippen molar-refractivity contribution in [3.8, 4) is 5.75 Å². The molecule has 9 heteroatoms. The van der Waals surface area contributed by atoms with Crippen LogP contribution in [0.3, 0.4) is 0 Å². The SMILES string of the molecule is Cc1sc(=O)n(CC(=O)Nc2c(O)c(Cl)cc(Cl)c2Cl)c1C. The highest BCUT2D eigenvalue weighted by molar-refractivity contribution is 7.09.